The van der Waals surface area contributed by atoms with E-state index in [1.54, 1.807) is 0 Å². The summed E-state index contributed by atoms with van der Waals surface area (Å²) in [5, 5.41) is 14.6. The van der Waals surface area contributed by atoms with E-state index in [-0.39, 0.29) is 0 Å². The Labute approximate surface area is 256 Å². The number of aromatic nitrogens is 5. The van der Waals surface area contributed by atoms with E-state index in [1.807, 2.05) is 42.5 Å². The number of pyridine rings is 1. The van der Waals surface area contributed by atoms with Crippen LogP contribution in [0.2, 0.25) is 0 Å². The van der Waals surface area contributed by atoms with Gasteiger partial charge in [0, 0.05) is 38.4 Å². The predicted octanol–water partition coefficient (Wildman–Crippen LogP) is 9.61. The Bertz CT molecular complexity index is 2750. The molecule has 0 saturated carbocycles. The van der Waals surface area contributed by atoms with E-state index in [0.29, 0.717) is 11.8 Å². The molecule has 0 amide bonds. The van der Waals surface area contributed by atoms with Crippen molar-refractivity contribution >= 4 is 60.2 Å². The first-order valence-electron chi connectivity index (χ1n) is 15.0. The number of hydrogen-bond donors (Lipinski definition) is 0. The van der Waals surface area contributed by atoms with Gasteiger partial charge in [0.05, 0.1) is 27.6 Å². The number of benzene rings is 6. The normalized spacial score (nSPS) is 12.0. The van der Waals surface area contributed by atoms with Gasteiger partial charge in [0.1, 0.15) is 5.65 Å². The van der Waals surface area contributed by atoms with Crippen molar-refractivity contribution in [2.45, 2.75) is 0 Å². The lowest BCUT2D eigenvalue weighted by Gasteiger charge is -2.12. The van der Waals surface area contributed by atoms with E-state index in [4.69, 9.17) is 9.40 Å². The summed E-state index contributed by atoms with van der Waals surface area (Å²) in [6.45, 7) is 0. The molecule has 0 radical (unpaired) electrons. The maximum Gasteiger partial charge on any atom is 0.248 e. The second-order valence-electron chi connectivity index (χ2n) is 11.4. The van der Waals surface area contributed by atoms with Crippen LogP contribution in [0.25, 0.3) is 88.8 Å². The lowest BCUT2D eigenvalue weighted by Crippen LogP contribution is -1.96. The minimum absolute atomic E-state index is 0.495. The fourth-order valence-corrected chi connectivity index (χ4v) is 6.84. The molecule has 0 N–H and O–H groups in total. The second kappa shape index (κ2) is 9.11. The van der Waals surface area contributed by atoms with Gasteiger partial charge in [-0.3, -0.25) is 4.40 Å². The number of hydrogen-bond acceptors (Lipinski definition) is 4. The van der Waals surface area contributed by atoms with Crippen molar-refractivity contribution in [2.75, 3.05) is 0 Å². The van der Waals surface area contributed by atoms with E-state index in [2.05, 4.69) is 116 Å². The monoisotopic (exact) mass is 577 g/mol. The van der Waals surface area contributed by atoms with Gasteiger partial charge in [-0.2, -0.15) is 0 Å². The first-order chi connectivity index (χ1) is 22.3. The molecule has 0 unspecified atom stereocenters. The Morgan fingerprint density at radius 1 is 0.444 bits per heavy atom. The fraction of sp³-hybridized carbons (Fsp3) is 0. The van der Waals surface area contributed by atoms with Crippen LogP contribution < -0.4 is 0 Å². The van der Waals surface area contributed by atoms with Crippen molar-refractivity contribution in [3.05, 3.63) is 140 Å². The number of rotatable bonds is 3. The maximum atomic E-state index is 6.04. The summed E-state index contributed by atoms with van der Waals surface area (Å²) < 4.78 is 10.7. The molecule has 0 aliphatic heterocycles. The quantitative estimate of drug-likeness (QED) is 0.196. The van der Waals surface area contributed by atoms with Gasteiger partial charge in [-0.05, 0) is 72.1 Å². The van der Waals surface area contributed by atoms with Crippen molar-refractivity contribution in [2.24, 2.45) is 0 Å². The molecule has 45 heavy (non-hydrogen) atoms. The van der Waals surface area contributed by atoms with E-state index >= 15 is 0 Å². The van der Waals surface area contributed by atoms with Crippen LogP contribution >= 0.6 is 0 Å². The van der Waals surface area contributed by atoms with Crippen molar-refractivity contribution < 1.29 is 4.42 Å². The van der Waals surface area contributed by atoms with Gasteiger partial charge < -0.3 is 8.98 Å². The highest BCUT2D eigenvalue weighted by molar-refractivity contribution is 6.20. The van der Waals surface area contributed by atoms with Gasteiger partial charge in [-0.15, -0.1) is 10.2 Å². The third-order valence-corrected chi connectivity index (χ3v) is 8.87. The Balaban J connectivity index is 1.22. The standard InChI is InChI=1S/C39H23N5O/c1-2-10-24(11-3-1)38-41-42-39(45-38)25-18-20-26(21-19-25)43-33-16-8-6-13-28(33)31-22-30-27-12-4-5-14-29(27)37-40-32-15-7-9-17-34(32)44(37)36(30)23-35(31)43/h1-23H. The summed E-state index contributed by atoms with van der Waals surface area (Å²) >= 11 is 0. The predicted molar refractivity (Wildman–Crippen MR) is 181 cm³/mol. The van der Waals surface area contributed by atoms with Crippen molar-refractivity contribution in [1.29, 1.82) is 0 Å². The molecule has 0 bridgehead atoms. The molecule has 0 spiro atoms. The number of para-hydroxylation sites is 3. The van der Waals surface area contributed by atoms with Crippen LogP contribution in [0.15, 0.2) is 144 Å². The molecule has 0 aliphatic rings. The van der Waals surface area contributed by atoms with Crippen LogP contribution in [0.5, 0.6) is 0 Å². The second-order valence-corrected chi connectivity index (χ2v) is 11.4. The average Bonchev–Trinajstić information content (AvgIpc) is 3.83. The summed E-state index contributed by atoms with van der Waals surface area (Å²) in [7, 11) is 0. The third-order valence-electron chi connectivity index (χ3n) is 8.87. The molecule has 10 rings (SSSR count). The van der Waals surface area contributed by atoms with Gasteiger partial charge in [-0.1, -0.05) is 72.8 Å². The van der Waals surface area contributed by atoms with Crippen LogP contribution in [-0.2, 0) is 0 Å². The molecule has 0 aliphatic carbocycles. The molecule has 4 heterocycles. The summed E-state index contributed by atoms with van der Waals surface area (Å²) in [6.07, 6.45) is 0. The first-order valence-corrected chi connectivity index (χ1v) is 15.0. The number of nitrogens with zero attached hydrogens (tertiary/aromatic N) is 5. The number of fused-ring (bicyclic) bond motifs is 11. The van der Waals surface area contributed by atoms with Crippen molar-refractivity contribution in [3.63, 3.8) is 0 Å². The highest BCUT2D eigenvalue weighted by atomic mass is 16.4. The Morgan fingerprint density at radius 2 is 1.07 bits per heavy atom. The smallest absolute Gasteiger partial charge is 0.248 e. The highest BCUT2D eigenvalue weighted by Gasteiger charge is 2.19. The zero-order valence-electron chi connectivity index (χ0n) is 23.9. The average molecular weight is 578 g/mol. The van der Waals surface area contributed by atoms with Crippen molar-refractivity contribution in [3.8, 4) is 28.6 Å². The molecule has 6 nitrogen and oxygen atoms in total. The van der Waals surface area contributed by atoms with Crippen LogP contribution in [0.3, 0.4) is 0 Å². The zero-order chi connectivity index (χ0) is 29.5. The van der Waals surface area contributed by atoms with Gasteiger partial charge in [0.2, 0.25) is 11.8 Å². The van der Waals surface area contributed by atoms with E-state index < -0.39 is 0 Å². The van der Waals surface area contributed by atoms with Crippen LogP contribution in [0.1, 0.15) is 0 Å². The van der Waals surface area contributed by atoms with Gasteiger partial charge in [0.15, 0.2) is 0 Å². The highest BCUT2D eigenvalue weighted by Crippen LogP contribution is 2.39. The molecule has 6 aromatic carbocycles. The molecular formula is C39H23N5O. The third kappa shape index (κ3) is 3.48. The molecule has 6 heteroatoms. The summed E-state index contributed by atoms with van der Waals surface area (Å²) in [5.74, 6) is 1.00. The van der Waals surface area contributed by atoms with E-state index in [0.717, 1.165) is 55.4 Å². The summed E-state index contributed by atoms with van der Waals surface area (Å²) in [6, 6.07) is 48.5. The zero-order valence-corrected chi connectivity index (χ0v) is 23.9. The topological polar surface area (TPSA) is 61.2 Å². The lowest BCUT2D eigenvalue weighted by molar-refractivity contribution is 0.584. The molecule has 0 saturated heterocycles. The lowest BCUT2D eigenvalue weighted by atomic mass is 10.0. The number of imidazole rings is 1. The van der Waals surface area contributed by atoms with Gasteiger partial charge in [-0.25, -0.2) is 4.98 Å². The fourth-order valence-electron chi connectivity index (χ4n) is 6.84. The van der Waals surface area contributed by atoms with Crippen LogP contribution in [-0.4, -0.2) is 24.1 Å². The Morgan fingerprint density at radius 3 is 1.87 bits per heavy atom. The largest absolute Gasteiger partial charge is 0.416 e. The molecule has 210 valence electrons. The van der Waals surface area contributed by atoms with Gasteiger partial charge in [0.25, 0.3) is 0 Å². The Hall–Kier alpha value is -6.27. The maximum absolute atomic E-state index is 6.04. The molecule has 0 fully saturated rings. The minimum atomic E-state index is 0.495. The molecule has 4 aromatic heterocycles. The minimum Gasteiger partial charge on any atom is -0.416 e. The SMILES string of the molecule is c1ccc(-c2nnc(-c3ccc(-n4c5ccccc5c5cc6c7ccccc7c7nc8ccccc8n7c6cc54)cc3)o2)cc1. The summed E-state index contributed by atoms with van der Waals surface area (Å²) in [4.78, 5) is 5.09. The molecule has 0 atom stereocenters. The first kappa shape index (κ1) is 24.2. The van der Waals surface area contributed by atoms with E-state index in [1.165, 1.54) is 21.5 Å². The van der Waals surface area contributed by atoms with Crippen molar-refractivity contribution in [1.82, 2.24) is 24.1 Å². The Kier molecular flexibility index (Phi) is 4.90. The summed E-state index contributed by atoms with van der Waals surface area (Å²) in [5.41, 5.74) is 9.30. The molecule has 10 aromatic rings. The van der Waals surface area contributed by atoms with Crippen LogP contribution in [0.4, 0.5) is 0 Å². The van der Waals surface area contributed by atoms with E-state index in [9.17, 15) is 0 Å². The molecular weight excluding hydrogens is 554 g/mol. The van der Waals surface area contributed by atoms with Gasteiger partial charge >= 0.3 is 0 Å². The van der Waals surface area contributed by atoms with Crippen LogP contribution in [0, 0.1) is 0 Å².